The highest BCUT2D eigenvalue weighted by atomic mass is 127. The molecule has 0 N–H and O–H groups in total. The summed E-state index contributed by atoms with van der Waals surface area (Å²) < 4.78 is 45.1. The van der Waals surface area contributed by atoms with Crippen molar-refractivity contribution in [1.29, 1.82) is 0 Å². The number of methoxy groups -OCH3 is 1. The van der Waals surface area contributed by atoms with Crippen LogP contribution in [0.15, 0.2) is 6.20 Å². The Morgan fingerprint density at radius 2 is 2.11 bits per heavy atom. The van der Waals surface area contributed by atoms with Crippen molar-refractivity contribution in [2.24, 2.45) is 0 Å². The number of carbonyl (C=O) groups excluding carboxylic acids is 1. The van der Waals surface area contributed by atoms with Gasteiger partial charge in [-0.3, -0.25) is 4.79 Å². The Hall–Kier alpha value is -1.06. The van der Waals surface area contributed by atoms with E-state index < -0.39 is 12.3 Å². The standard InChI is InChI=1S/C10H9F3INO3/c1-5-6(3-7(16)17-2)4-15-9(14)8(5)18-10(11,12)13/h4H,3H2,1-2H3. The number of carbonyl (C=O) groups is 1. The molecule has 0 spiro atoms. The van der Waals surface area contributed by atoms with Gasteiger partial charge in [0.05, 0.1) is 13.5 Å². The second-order valence-corrected chi connectivity index (χ2v) is 4.35. The van der Waals surface area contributed by atoms with Gasteiger partial charge in [-0.05, 0) is 40.6 Å². The summed E-state index contributed by atoms with van der Waals surface area (Å²) in [4.78, 5) is 14.9. The first-order chi connectivity index (χ1) is 8.24. The third kappa shape index (κ3) is 4.00. The molecule has 0 atom stereocenters. The monoisotopic (exact) mass is 375 g/mol. The van der Waals surface area contributed by atoms with Crippen LogP contribution in [0.5, 0.6) is 5.75 Å². The number of rotatable bonds is 3. The molecule has 4 nitrogen and oxygen atoms in total. The lowest BCUT2D eigenvalue weighted by Gasteiger charge is -2.14. The molecule has 0 saturated heterocycles. The topological polar surface area (TPSA) is 48.4 Å². The third-order valence-electron chi connectivity index (χ3n) is 2.12. The maximum Gasteiger partial charge on any atom is 0.573 e. The van der Waals surface area contributed by atoms with Gasteiger partial charge in [0.15, 0.2) is 5.75 Å². The van der Waals surface area contributed by atoms with Gasteiger partial charge in [0, 0.05) is 6.20 Å². The van der Waals surface area contributed by atoms with Crippen molar-refractivity contribution in [1.82, 2.24) is 4.98 Å². The largest absolute Gasteiger partial charge is 0.573 e. The molecule has 0 aliphatic rings. The fraction of sp³-hybridized carbons (Fsp3) is 0.400. The summed E-state index contributed by atoms with van der Waals surface area (Å²) in [6.07, 6.45) is -3.62. The number of alkyl halides is 3. The molecule has 1 aromatic rings. The van der Waals surface area contributed by atoms with Crippen molar-refractivity contribution >= 4 is 28.6 Å². The average molecular weight is 375 g/mol. The number of halogens is 4. The number of hydrogen-bond acceptors (Lipinski definition) is 4. The summed E-state index contributed by atoms with van der Waals surface area (Å²) in [5.74, 6) is -0.941. The number of hydrogen-bond donors (Lipinski definition) is 0. The van der Waals surface area contributed by atoms with Crippen molar-refractivity contribution in [3.05, 3.63) is 21.0 Å². The van der Waals surface area contributed by atoms with Crippen LogP contribution in [0.2, 0.25) is 0 Å². The molecule has 0 aliphatic heterocycles. The summed E-state index contributed by atoms with van der Waals surface area (Å²) in [5.41, 5.74) is 0.554. The van der Waals surface area contributed by atoms with Gasteiger partial charge >= 0.3 is 12.3 Å². The first-order valence-corrected chi connectivity index (χ1v) is 5.79. The Balaban J connectivity index is 3.10. The van der Waals surface area contributed by atoms with Crippen LogP contribution in [0.3, 0.4) is 0 Å². The smallest absolute Gasteiger partial charge is 0.469 e. The first kappa shape index (κ1) is 15.0. The second-order valence-electron chi connectivity index (χ2n) is 3.33. The van der Waals surface area contributed by atoms with E-state index in [1.807, 2.05) is 0 Å². The van der Waals surface area contributed by atoms with Gasteiger partial charge in [0.2, 0.25) is 0 Å². The minimum Gasteiger partial charge on any atom is -0.469 e. The van der Waals surface area contributed by atoms with Crippen LogP contribution >= 0.6 is 22.6 Å². The highest BCUT2D eigenvalue weighted by Gasteiger charge is 2.33. The highest BCUT2D eigenvalue weighted by molar-refractivity contribution is 14.1. The van der Waals surface area contributed by atoms with Crippen LogP contribution in [0.25, 0.3) is 0 Å². The molecule has 18 heavy (non-hydrogen) atoms. The van der Waals surface area contributed by atoms with Gasteiger partial charge < -0.3 is 9.47 Å². The molecule has 0 aromatic carbocycles. The third-order valence-corrected chi connectivity index (χ3v) is 2.89. The molecule has 8 heteroatoms. The molecular weight excluding hydrogens is 366 g/mol. The van der Waals surface area contributed by atoms with Gasteiger partial charge in [-0.1, -0.05) is 0 Å². The van der Waals surface area contributed by atoms with Crippen LogP contribution in [0, 0.1) is 10.6 Å². The molecule has 0 aliphatic carbocycles. The summed E-state index contributed by atoms with van der Waals surface area (Å²) in [6.45, 7) is 1.43. The van der Waals surface area contributed by atoms with Gasteiger partial charge in [-0.25, -0.2) is 4.98 Å². The fourth-order valence-electron chi connectivity index (χ4n) is 1.23. The Bertz CT molecular complexity index is 462. The number of pyridine rings is 1. The molecule has 0 saturated carbocycles. The predicted molar refractivity (Wildman–Crippen MR) is 64.1 cm³/mol. The van der Waals surface area contributed by atoms with Gasteiger partial charge in [0.1, 0.15) is 3.70 Å². The Morgan fingerprint density at radius 1 is 1.50 bits per heavy atom. The van der Waals surface area contributed by atoms with Gasteiger partial charge in [-0.2, -0.15) is 0 Å². The van der Waals surface area contributed by atoms with E-state index in [1.54, 1.807) is 22.6 Å². The second kappa shape index (κ2) is 5.72. The summed E-state index contributed by atoms with van der Waals surface area (Å²) in [5, 5.41) is 0. The van der Waals surface area contributed by atoms with E-state index in [2.05, 4.69) is 14.5 Å². The van der Waals surface area contributed by atoms with E-state index in [1.165, 1.54) is 20.2 Å². The molecule has 0 unspecified atom stereocenters. The van der Waals surface area contributed by atoms with Crippen molar-refractivity contribution in [2.45, 2.75) is 19.7 Å². The minimum atomic E-state index is -4.80. The molecular formula is C10H9F3INO3. The lowest BCUT2D eigenvalue weighted by atomic mass is 10.1. The van der Waals surface area contributed by atoms with Crippen LogP contribution in [-0.2, 0) is 16.0 Å². The normalized spacial score (nSPS) is 11.2. The zero-order valence-electron chi connectivity index (χ0n) is 9.47. The summed E-state index contributed by atoms with van der Waals surface area (Å²) in [7, 11) is 1.20. The lowest BCUT2D eigenvalue weighted by molar-refractivity contribution is -0.275. The van der Waals surface area contributed by atoms with Crippen molar-refractivity contribution in [2.75, 3.05) is 7.11 Å². The number of nitrogens with zero attached hydrogens (tertiary/aromatic N) is 1. The quantitative estimate of drug-likeness (QED) is 0.463. The first-order valence-electron chi connectivity index (χ1n) is 4.71. The number of ether oxygens (including phenoxy) is 2. The zero-order valence-corrected chi connectivity index (χ0v) is 11.6. The molecule has 1 aromatic heterocycles. The summed E-state index contributed by atoms with van der Waals surface area (Å²) in [6, 6.07) is 0. The fourth-order valence-corrected chi connectivity index (χ4v) is 1.88. The Labute approximate surface area is 115 Å². The highest BCUT2D eigenvalue weighted by Crippen LogP contribution is 2.31. The molecule has 1 rings (SSSR count). The summed E-state index contributed by atoms with van der Waals surface area (Å²) >= 11 is 1.63. The van der Waals surface area contributed by atoms with Crippen molar-refractivity contribution in [3.63, 3.8) is 0 Å². The van der Waals surface area contributed by atoms with E-state index in [9.17, 15) is 18.0 Å². The number of aromatic nitrogens is 1. The van der Waals surface area contributed by atoms with E-state index in [0.717, 1.165) is 0 Å². The zero-order chi connectivity index (χ0) is 13.9. The molecule has 0 bridgehead atoms. The maximum atomic E-state index is 12.2. The van der Waals surface area contributed by atoms with Crippen molar-refractivity contribution in [3.8, 4) is 5.75 Å². The molecule has 0 amide bonds. The van der Waals surface area contributed by atoms with E-state index in [0.29, 0.717) is 5.56 Å². The van der Waals surface area contributed by atoms with Gasteiger partial charge in [-0.15, -0.1) is 13.2 Å². The van der Waals surface area contributed by atoms with Crippen LogP contribution in [0.1, 0.15) is 11.1 Å². The minimum absolute atomic E-state index is 0.0797. The van der Waals surface area contributed by atoms with Crippen LogP contribution < -0.4 is 4.74 Å². The predicted octanol–water partition coefficient (Wildman–Crippen LogP) is 2.61. The molecule has 0 fully saturated rings. The van der Waals surface area contributed by atoms with Gasteiger partial charge in [0.25, 0.3) is 0 Å². The van der Waals surface area contributed by atoms with E-state index in [-0.39, 0.29) is 21.4 Å². The molecule has 0 radical (unpaired) electrons. The average Bonchev–Trinajstić information content (AvgIpc) is 2.26. The van der Waals surface area contributed by atoms with Crippen molar-refractivity contribution < 1.29 is 27.4 Å². The van der Waals surface area contributed by atoms with Crippen LogP contribution in [0.4, 0.5) is 13.2 Å². The lowest BCUT2D eigenvalue weighted by Crippen LogP contribution is -2.19. The van der Waals surface area contributed by atoms with E-state index >= 15 is 0 Å². The molecule has 1 heterocycles. The maximum absolute atomic E-state index is 12.2. The Kier molecular flexibility index (Phi) is 4.77. The van der Waals surface area contributed by atoms with Crippen LogP contribution in [-0.4, -0.2) is 24.4 Å². The SMILES string of the molecule is COC(=O)Cc1cnc(I)c(OC(F)(F)F)c1C. The molecule has 100 valence electrons. The Morgan fingerprint density at radius 3 is 2.61 bits per heavy atom. The van der Waals surface area contributed by atoms with E-state index in [4.69, 9.17) is 0 Å². The number of esters is 1.